The number of rotatable bonds is 0. The fourth-order valence-electron chi connectivity index (χ4n) is 2.85. The molecule has 98 valence electrons. The van der Waals surface area contributed by atoms with Gasteiger partial charge in [0.1, 0.15) is 0 Å². The highest BCUT2D eigenvalue weighted by Crippen LogP contribution is 2.48. The largest absolute Gasteiger partial charge is 0.435 e. The Hall–Kier alpha value is -0.570. The third kappa shape index (κ3) is 1.99. The number of esters is 1. The van der Waals surface area contributed by atoms with Crippen LogP contribution in [-0.2, 0) is 14.3 Å². The van der Waals surface area contributed by atoms with Gasteiger partial charge in [-0.3, -0.25) is 4.79 Å². The first kappa shape index (κ1) is 12.9. The van der Waals surface area contributed by atoms with Gasteiger partial charge in [0.2, 0.25) is 6.29 Å². The summed E-state index contributed by atoms with van der Waals surface area (Å²) in [7, 11) is 0. The number of carbonyl (C=O) groups excluding carboxylic acids is 1. The van der Waals surface area contributed by atoms with E-state index in [-0.39, 0.29) is 17.5 Å². The summed E-state index contributed by atoms with van der Waals surface area (Å²) in [5.74, 6) is 0.274. The second-order valence-electron chi connectivity index (χ2n) is 6.84. The van der Waals surface area contributed by atoms with E-state index in [1.165, 1.54) is 0 Å². The van der Waals surface area contributed by atoms with Crippen LogP contribution in [0.3, 0.4) is 0 Å². The lowest BCUT2D eigenvalue weighted by Crippen LogP contribution is -2.58. The summed E-state index contributed by atoms with van der Waals surface area (Å²) in [5.41, 5.74) is -0.600. The molecule has 0 spiro atoms. The van der Waals surface area contributed by atoms with Crippen LogP contribution in [0.4, 0.5) is 0 Å². The molecule has 1 saturated heterocycles. The quantitative estimate of drug-likeness (QED) is 0.610. The van der Waals surface area contributed by atoms with E-state index in [0.29, 0.717) is 5.92 Å². The number of fused-ring (bicyclic) bond motifs is 1. The van der Waals surface area contributed by atoms with E-state index in [1.807, 2.05) is 27.7 Å². The van der Waals surface area contributed by atoms with E-state index in [2.05, 4.69) is 6.92 Å². The van der Waals surface area contributed by atoms with Crippen molar-refractivity contribution in [1.29, 1.82) is 0 Å². The Morgan fingerprint density at radius 1 is 1.29 bits per heavy atom. The Bertz CT molecular complexity index is 318. The van der Waals surface area contributed by atoms with Gasteiger partial charge in [0.05, 0.1) is 11.5 Å². The summed E-state index contributed by atoms with van der Waals surface area (Å²) >= 11 is 0. The smallest absolute Gasteiger partial charge is 0.317 e. The average molecular weight is 240 g/mol. The minimum Gasteiger partial charge on any atom is -0.435 e. The Morgan fingerprint density at radius 2 is 1.94 bits per heavy atom. The van der Waals surface area contributed by atoms with Crippen molar-refractivity contribution in [3.63, 3.8) is 0 Å². The first-order chi connectivity index (χ1) is 7.76. The zero-order valence-electron chi connectivity index (χ0n) is 11.6. The van der Waals surface area contributed by atoms with Gasteiger partial charge in [0, 0.05) is 5.41 Å². The third-order valence-electron chi connectivity index (χ3n) is 4.44. The molecular formula is C14H24O3. The number of carbonyl (C=O) groups is 1. The van der Waals surface area contributed by atoms with Gasteiger partial charge < -0.3 is 9.47 Å². The fraction of sp³-hybridized carbons (Fsp3) is 0.929. The van der Waals surface area contributed by atoms with E-state index in [4.69, 9.17) is 9.47 Å². The molecule has 1 aliphatic heterocycles. The monoisotopic (exact) mass is 240 g/mol. The lowest BCUT2D eigenvalue weighted by atomic mass is 9.65. The molecule has 0 aromatic heterocycles. The topological polar surface area (TPSA) is 35.5 Å². The van der Waals surface area contributed by atoms with Crippen LogP contribution in [0.5, 0.6) is 0 Å². The maximum absolute atomic E-state index is 12.3. The second kappa shape index (κ2) is 3.98. The SMILES string of the molecule is CC1CCCC2OC(C(C)(C)C)OC(=O)C12C. The summed E-state index contributed by atoms with van der Waals surface area (Å²) in [5, 5.41) is 0. The molecule has 0 aromatic carbocycles. The second-order valence-corrected chi connectivity index (χ2v) is 6.84. The molecule has 1 saturated carbocycles. The first-order valence-corrected chi connectivity index (χ1v) is 6.63. The summed E-state index contributed by atoms with van der Waals surface area (Å²) in [6, 6.07) is 0. The van der Waals surface area contributed by atoms with E-state index in [9.17, 15) is 4.79 Å². The zero-order valence-corrected chi connectivity index (χ0v) is 11.6. The van der Waals surface area contributed by atoms with E-state index in [0.717, 1.165) is 19.3 Å². The number of cyclic esters (lactones) is 1. The van der Waals surface area contributed by atoms with Crippen molar-refractivity contribution in [3.05, 3.63) is 0 Å². The molecular weight excluding hydrogens is 216 g/mol. The number of hydrogen-bond acceptors (Lipinski definition) is 3. The molecule has 0 aromatic rings. The van der Waals surface area contributed by atoms with Crippen LogP contribution < -0.4 is 0 Å². The van der Waals surface area contributed by atoms with E-state index < -0.39 is 11.7 Å². The van der Waals surface area contributed by atoms with Gasteiger partial charge in [-0.2, -0.15) is 0 Å². The van der Waals surface area contributed by atoms with Crippen molar-refractivity contribution < 1.29 is 14.3 Å². The van der Waals surface area contributed by atoms with E-state index >= 15 is 0 Å². The van der Waals surface area contributed by atoms with Gasteiger partial charge in [-0.05, 0) is 25.7 Å². The summed E-state index contributed by atoms with van der Waals surface area (Å²) in [6.07, 6.45) is 2.83. The van der Waals surface area contributed by atoms with Crippen LogP contribution in [0.25, 0.3) is 0 Å². The van der Waals surface area contributed by atoms with Crippen LogP contribution in [0.1, 0.15) is 53.9 Å². The molecule has 0 N–H and O–H groups in total. The first-order valence-electron chi connectivity index (χ1n) is 6.63. The highest BCUT2D eigenvalue weighted by molar-refractivity contribution is 5.78. The van der Waals surface area contributed by atoms with Gasteiger partial charge in [0.15, 0.2) is 0 Å². The fourth-order valence-corrected chi connectivity index (χ4v) is 2.85. The van der Waals surface area contributed by atoms with Crippen molar-refractivity contribution in [2.24, 2.45) is 16.7 Å². The molecule has 2 rings (SSSR count). The molecule has 4 unspecified atom stereocenters. The zero-order chi connectivity index (χ0) is 12.8. The predicted molar refractivity (Wildman–Crippen MR) is 65.3 cm³/mol. The Labute approximate surface area is 104 Å². The normalized spacial score (nSPS) is 42.9. The number of ether oxygens (including phenoxy) is 2. The van der Waals surface area contributed by atoms with E-state index in [1.54, 1.807) is 0 Å². The highest BCUT2D eigenvalue weighted by atomic mass is 16.7. The Balaban J connectivity index is 2.24. The predicted octanol–water partition coefficient (Wildman–Crippen LogP) is 3.13. The maximum atomic E-state index is 12.3. The van der Waals surface area contributed by atoms with Gasteiger partial charge in [-0.1, -0.05) is 34.1 Å². The van der Waals surface area contributed by atoms with Crippen molar-refractivity contribution in [2.75, 3.05) is 0 Å². The molecule has 2 fully saturated rings. The van der Waals surface area contributed by atoms with Crippen LogP contribution in [0, 0.1) is 16.7 Å². The summed E-state index contributed by atoms with van der Waals surface area (Å²) in [6.45, 7) is 10.3. The minimum absolute atomic E-state index is 0.0247. The van der Waals surface area contributed by atoms with Crippen molar-refractivity contribution in [1.82, 2.24) is 0 Å². The molecule has 0 bridgehead atoms. The molecule has 3 nitrogen and oxygen atoms in total. The van der Waals surface area contributed by atoms with Crippen molar-refractivity contribution in [3.8, 4) is 0 Å². The Kier molecular flexibility index (Phi) is 3.01. The minimum atomic E-state index is -0.444. The van der Waals surface area contributed by atoms with Crippen molar-refractivity contribution in [2.45, 2.75) is 66.3 Å². The lowest BCUT2D eigenvalue weighted by molar-refractivity contribution is -0.285. The van der Waals surface area contributed by atoms with Crippen molar-refractivity contribution >= 4 is 5.97 Å². The lowest BCUT2D eigenvalue weighted by Gasteiger charge is -2.50. The van der Waals surface area contributed by atoms with Crippen LogP contribution in [-0.4, -0.2) is 18.4 Å². The molecule has 2 aliphatic rings. The van der Waals surface area contributed by atoms with Gasteiger partial charge in [0.25, 0.3) is 0 Å². The molecule has 1 aliphatic carbocycles. The molecule has 17 heavy (non-hydrogen) atoms. The van der Waals surface area contributed by atoms with Crippen LogP contribution in [0.15, 0.2) is 0 Å². The van der Waals surface area contributed by atoms with Crippen LogP contribution >= 0.6 is 0 Å². The average Bonchev–Trinajstić information content (AvgIpc) is 2.20. The van der Waals surface area contributed by atoms with Crippen LogP contribution in [0.2, 0.25) is 0 Å². The number of hydrogen-bond donors (Lipinski definition) is 0. The molecule has 4 atom stereocenters. The standard InChI is InChI=1S/C14H24O3/c1-9-7-6-8-10-14(9,5)11(15)17-12(16-10)13(2,3)4/h9-10,12H,6-8H2,1-5H3. The Morgan fingerprint density at radius 3 is 2.53 bits per heavy atom. The summed E-state index contributed by atoms with van der Waals surface area (Å²) < 4.78 is 11.6. The van der Waals surface area contributed by atoms with Gasteiger partial charge in [-0.25, -0.2) is 0 Å². The highest BCUT2D eigenvalue weighted by Gasteiger charge is 2.55. The molecule has 0 amide bonds. The molecule has 0 radical (unpaired) electrons. The summed E-state index contributed by atoms with van der Waals surface area (Å²) in [4.78, 5) is 12.3. The molecule has 1 heterocycles. The van der Waals surface area contributed by atoms with Gasteiger partial charge in [-0.15, -0.1) is 0 Å². The molecule has 3 heteroatoms. The van der Waals surface area contributed by atoms with Gasteiger partial charge >= 0.3 is 5.97 Å². The maximum Gasteiger partial charge on any atom is 0.317 e. The third-order valence-corrected chi connectivity index (χ3v) is 4.44.